The van der Waals surface area contributed by atoms with E-state index in [1.54, 1.807) is 4.68 Å². The SMILES string of the molecule is Cc1ccccc1-n1nc(SCC(=O)N2[C@H](C)CCC[C@H]2C)sc1=S. The molecule has 1 amide bonds. The molecule has 134 valence electrons. The lowest BCUT2D eigenvalue weighted by molar-refractivity contribution is -0.134. The molecule has 0 unspecified atom stereocenters. The molecule has 25 heavy (non-hydrogen) atoms. The lowest BCUT2D eigenvalue weighted by Gasteiger charge is -2.39. The van der Waals surface area contributed by atoms with Crippen molar-refractivity contribution in [1.29, 1.82) is 0 Å². The number of amides is 1. The summed E-state index contributed by atoms with van der Waals surface area (Å²) in [4.78, 5) is 14.7. The van der Waals surface area contributed by atoms with Gasteiger partial charge in [0.05, 0.1) is 11.4 Å². The van der Waals surface area contributed by atoms with Gasteiger partial charge < -0.3 is 4.90 Å². The van der Waals surface area contributed by atoms with Crippen molar-refractivity contribution in [2.24, 2.45) is 0 Å². The number of likely N-dealkylation sites (tertiary alicyclic amines) is 1. The van der Waals surface area contributed by atoms with Crippen LogP contribution in [-0.2, 0) is 4.79 Å². The first-order chi connectivity index (χ1) is 12.0. The number of piperidine rings is 1. The molecule has 1 aliphatic rings. The molecule has 0 spiro atoms. The van der Waals surface area contributed by atoms with Gasteiger partial charge in [0, 0.05) is 12.1 Å². The molecule has 0 saturated carbocycles. The van der Waals surface area contributed by atoms with Crippen molar-refractivity contribution in [3.63, 3.8) is 0 Å². The number of thioether (sulfide) groups is 1. The smallest absolute Gasteiger partial charge is 0.233 e. The van der Waals surface area contributed by atoms with Gasteiger partial charge in [-0.3, -0.25) is 4.79 Å². The monoisotopic (exact) mass is 393 g/mol. The van der Waals surface area contributed by atoms with E-state index in [1.807, 2.05) is 36.1 Å². The summed E-state index contributed by atoms with van der Waals surface area (Å²) in [6, 6.07) is 8.72. The normalized spacial score (nSPS) is 20.7. The van der Waals surface area contributed by atoms with Crippen LogP contribution in [0, 0.1) is 10.9 Å². The van der Waals surface area contributed by atoms with Gasteiger partial charge >= 0.3 is 0 Å². The molecule has 2 heterocycles. The number of hydrogen-bond acceptors (Lipinski definition) is 5. The fourth-order valence-corrected chi connectivity index (χ4v) is 5.60. The Labute approximate surface area is 162 Å². The highest BCUT2D eigenvalue weighted by molar-refractivity contribution is 8.01. The predicted octanol–water partition coefficient (Wildman–Crippen LogP) is 4.85. The molecule has 4 nitrogen and oxygen atoms in total. The lowest BCUT2D eigenvalue weighted by Crippen LogP contribution is -2.48. The van der Waals surface area contributed by atoms with Crippen LogP contribution in [0.4, 0.5) is 0 Å². The first-order valence-corrected chi connectivity index (χ1v) is 10.8. The summed E-state index contributed by atoms with van der Waals surface area (Å²) in [5.41, 5.74) is 2.13. The van der Waals surface area contributed by atoms with Gasteiger partial charge in [-0.05, 0) is 63.9 Å². The van der Waals surface area contributed by atoms with Crippen LogP contribution in [0.3, 0.4) is 0 Å². The number of nitrogens with zero attached hydrogens (tertiary/aromatic N) is 3. The third kappa shape index (κ3) is 4.15. The van der Waals surface area contributed by atoms with Crippen LogP contribution in [0.25, 0.3) is 5.69 Å². The Hall–Kier alpha value is -1.18. The zero-order valence-electron chi connectivity index (χ0n) is 14.8. The highest BCUT2D eigenvalue weighted by Gasteiger charge is 2.28. The average Bonchev–Trinajstić information content (AvgIpc) is 2.94. The van der Waals surface area contributed by atoms with Crippen molar-refractivity contribution >= 4 is 41.2 Å². The van der Waals surface area contributed by atoms with Gasteiger partial charge in [0.1, 0.15) is 0 Å². The van der Waals surface area contributed by atoms with Crippen LogP contribution in [-0.4, -0.2) is 38.4 Å². The Bertz CT molecular complexity index is 804. The van der Waals surface area contributed by atoms with E-state index in [2.05, 4.69) is 18.9 Å². The summed E-state index contributed by atoms with van der Waals surface area (Å²) in [7, 11) is 0. The number of aryl methyl sites for hydroxylation is 1. The fourth-order valence-electron chi connectivity index (χ4n) is 3.38. The van der Waals surface area contributed by atoms with Crippen LogP contribution in [0.2, 0.25) is 0 Å². The molecule has 7 heteroatoms. The highest BCUT2D eigenvalue weighted by Crippen LogP contribution is 2.28. The summed E-state index contributed by atoms with van der Waals surface area (Å²) < 4.78 is 3.36. The molecular weight excluding hydrogens is 370 g/mol. The van der Waals surface area contributed by atoms with Crippen molar-refractivity contribution in [1.82, 2.24) is 14.7 Å². The molecule has 1 aromatic heterocycles. The number of benzene rings is 1. The van der Waals surface area contributed by atoms with Crippen LogP contribution in [0.15, 0.2) is 28.6 Å². The quantitative estimate of drug-likeness (QED) is 0.549. The Balaban J connectivity index is 1.70. The molecule has 1 aliphatic heterocycles. The second kappa shape index (κ2) is 8.01. The predicted molar refractivity (Wildman–Crippen MR) is 107 cm³/mol. The Morgan fingerprint density at radius 2 is 2.00 bits per heavy atom. The van der Waals surface area contributed by atoms with Gasteiger partial charge in [-0.2, -0.15) is 0 Å². The number of carbonyl (C=O) groups is 1. The van der Waals surface area contributed by atoms with Gasteiger partial charge in [0.25, 0.3) is 0 Å². The fraction of sp³-hybridized carbons (Fsp3) is 0.500. The van der Waals surface area contributed by atoms with E-state index < -0.39 is 0 Å². The largest absolute Gasteiger partial charge is 0.337 e. The van der Waals surface area contributed by atoms with Crippen molar-refractivity contribution in [3.8, 4) is 5.69 Å². The van der Waals surface area contributed by atoms with E-state index in [-0.39, 0.29) is 5.91 Å². The van der Waals surface area contributed by atoms with Gasteiger partial charge in [-0.1, -0.05) is 41.3 Å². The molecule has 2 atom stereocenters. The summed E-state index contributed by atoms with van der Waals surface area (Å²) in [6.45, 7) is 6.34. The van der Waals surface area contributed by atoms with Gasteiger partial charge in [0.2, 0.25) is 5.91 Å². The summed E-state index contributed by atoms with van der Waals surface area (Å²) >= 11 is 8.42. The Kier molecular flexibility index (Phi) is 5.96. The van der Waals surface area contributed by atoms with Crippen molar-refractivity contribution < 1.29 is 4.79 Å². The van der Waals surface area contributed by atoms with E-state index in [4.69, 9.17) is 12.2 Å². The van der Waals surface area contributed by atoms with E-state index in [0.29, 0.717) is 21.8 Å². The number of aromatic nitrogens is 2. The zero-order valence-corrected chi connectivity index (χ0v) is 17.2. The molecule has 1 aromatic carbocycles. The highest BCUT2D eigenvalue weighted by atomic mass is 32.2. The standard InChI is InChI=1S/C18H23N3OS3/c1-12-7-4-5-10-15(12)21-18(23)25-17(19-21)24-11-16(22)20-13(2)8-6-9-14(20)3/h4-5,7,10,13-14H,6,8-9,11H2,1-3H3/t13-,14-/m1/s1. The zero-order chi connectivity index (χ0) is 18.0. The molecule has 0 radical (unpaired) electrons. The lowest BCUT2D eigenvalue weighted by atomic mass is 9.98. The van der Waals surface area contributed by atoms with Crippen molar-refractivity contribution in [2.75, 3.05) is 5.75 Å². The summed E-state index contributed by atoms with van der Waals surface area (Å²) in [5.74, 6) is 0.623. The van der Waals surface area contributed by atoms with Crippen molar-refractivity contribution in [2.45, 2.75) is 56.5 Å². The Morgan fingerprint density at radius 1 is 1.32 bits per heavy atom. The molecule has 3 rings (SSSR count). The van der Waals surface area contributed by atoms with E-state index in [1.165, 1.54) is 29.5 Å². The second-order valence-electron chi connectivity index (χ2n) is 6.55. The molecule has 0 N–H and O–H groups in total. The topological polar surface area (TPSA) is 38.1 Å². The summed E-state index contributed by atoms with van der Waals surface area (Å²) in [6.07, 6.45) is 3.41. The van der Waals surface area contributed by atoms with Crippen LogP contribution >= 0.6 is 35.3 Å². The minimum atomic E-state index is 0.202. The van der Waals surface area contributed by atoms with Crippen LogP contribution in [0.1, 0.15) is 38.7 Å². The first kappa shape index (κ1) is 18.6. The van der Waals surface area contributed by atoms with E-state index >= 15 is 0 Å². The number of para-hydroxylation sites is 1. The van der Waals surface area contributed by atoms with Crippen molar-refractivity contribution in [3.05, 3.63) is 33.8 Å². The average molecular weight is 394 g/mol. The molecule has 0 aliphatic carbocycles. The van der Waals surface area contributed by atoms with E-state index in [9.17, 15) is 4.79 Å². The van der Waals surface area contributed by atoms with Crippen LogP contribution < -0.4 is 0 Å². The second-order valence-corrected chi connectivity index (χ2v) is 9.40. The molecular formula is C18H23N3OS3. The number of rotatable bonds is 4. The minimum Gasteiger partial charge on any atom is -0.337 e. The van der Waals surface area contributed by atoms with Gasteiger partial charge in [0.15, 0.2) is 8.29 Å². The number of hydrogen-bond donors (Lipinski definition) is 0. The maximum atomic E-state index is 12.7. The third-order valence-electron chi connectivity index (χ3n) is 4.67. The molecule has 0 bridgehead atoms. The van der Waals surface area contributed by atoms with Gasteiger partial charge in [-0.15, -0.1) is 5.10 Å². The maximum Gasteiger partial charge on any atom is 0.233 e. The van der Waals surface area contributed by atoms with Crippen LogP contribution in [0.5, 0.6) is 0 Å². The molecule has 1 fully saturated rings. The molecule has 1 saturated heterocycles. The summed E-state index contributed by atoms with van der Waals surface area (Å²) in [5, 5.41) is 4.62. The van der Waals surface area contributed by atoms with E-state index in [0.717, 1.165) is 28.4 Å². The maximum absolute atomic E-state index is 12.7. The van der Waals surface area contributed by atoms with Gasteiger partial charge in [-0.25, -0.2) is 4.68 Å². The number of carbonyl (C=O) groups excluding carboxylic acids is 1. The minimum absolute atomic E-state index is 0.202. The third-order valence-corrected chi connectivity index (χ3v) is 7.02. The first-order valence-electron chi connectivity index (χ1n) is 8.57. The Morgan fingerprint density at radius 3 is 2.68 bits per heavy atom. The molecule has 2 aromatic rings.